The van der Waals surface area contributed by atoms with Crippen LogP contribution in [0.25, 0.3) is 0 Å². The Morgan fingerprint density at radius 2 is 1.80 bits per heavy atom. The molecule has 0 radical (unpaired) electrons. The van der Waals surface area contributed by atoms with Crippen LogP contribution >= 0.6 is 0 Å². The van der Waals surface area contributed by atoms with Crippen molar-refractivity contribution >= 4 is 6.09 Å². The van der Waals surface area contributed by atoms with E-state index in [1.54, 1.807) is 0 Å². The van der Waals surface area contributed by atoms with Gasteiger partial charge >= 0.3 is 6.09 Å². The minimum atomic E-state index is -0.382. The van der Waals surface area contributed by atoms with E-state index in [9.17, 15) is 4.79 Å². The zero-order valence-electron chi connectivity index (χ0n) is 9.99. The highest BCUT2D eigenvalue weighted by atomic mass is 16.6. The number of amides is 1. The van der Waals surface area contributed by atoms with E-state index in [2.05, 4.69) is 11.9 Å². The van der Waals surface area contributed by atoms with Gasteiger partial charge in [-0.05, 0) is 34.2 Å². The van der Waals surface area contributed by atoms with E-state index in [1.807, 2.05) is 25.7 Å². The van der Waals surface area contributed by atoms with Gasteiger partial charge in [-0.1, -0.05) is 0 Å². The van der Waals surface area contributed by atoms with Crippen molar-refractivity contribution < 1.29 is 9.53 Å². The standard InChI is InChI=1S/C11H20N2O2/c1-11(2,3)15-10(14)13-8-5-9(13)7-12(4)6-8/h8-9H,5-7H2,1-4H3. The Labute approximate surface area is 91.2 Å². The Balaban J connectivity index is 1.94. The minimum Gasteiger partial charge on any atom is -0.444 e. The van der Waals surface area contributed by atoms with E-state index >= 15 is 0 Å². The molecule has 3 aliphatic rings. The molecule has 0 aromatic rings. The number of likely N-dealkylation sites (N-methyl/N-ethyl adjacent to an activating group) is 1. The maximum absolute atomic E-state index is 11.8. The molecule has 3 rings (SSSR count). The summed E-state index contributed by atoms with van der Waals surface area (Å²) in [5, 5.41) is 0. The number of hydrogen-bond acceptors (Lipinski definition) is 3. The predicted octanol–water partition coefficient (Wildman–Crippen LogP) is 1.31. The van der Waals surface area contributed by atoms with Crippen molar-refractivity contribution in [2.45, 2.75) is 44.9 Å². The lowest BCUT2D eigenvalue weighted by Crippen LogP contribution is -2.69. The third kappa shape index (κ3) is 2.09. The van der Waals surface area contributed by atoms with Gasteiger partial charge in [-0.25, -0.2) is 4.79 Å². The molecule has 3 aliphatic heterocycles. The predicted molar refractivity (Wildman–Crippen MR) is 57.8 cm³/mol. The molecule has 4 heteroatoms. The quantitative estimate of drug-likeness (QED) is 0.607. The summed E-state index contributed by atoms with van der Waals surface area (Å²) < 4.78 is 5.38. The lowest BCUT2D eigenvalue weighted by Gasteiger charge is -2.55. The molecule has 0 saturated carbocycles. The van der Waals surface area contributed by atoms with E-state index in [-0.39, 0.29) is 11.7 Å². The largest absolute Gasteiger partial charge is 0.444 e. The first-order valence-corrected chi connectivity index (χ1v) is 5.57. The lowest BCUT2D eigenvalue weighted by molar-refractivity contribution is -0.0708. The van der Waals surface area contributed by atoms with Gasteiger partial charge in [0.2, 0.25) is 0 Å². The number of carbonyl (C=O) groups excluding carboxylic acids is 1. The maximum atomic E-state index is 11.8. The summed E-state index contributed by atoms with van der Waals surface area (Å²) in [4.78, 5) is 16.0. The Kier molecular flexibility index (Phi) is 2.41. The Hall–Kier alpha value is -0.770. The highest BCUT2D eigenvalue weighted by Gasteiger charge is 2.47. The number of rotatable bonds is 0. The number of piperidine rings is 1. The molecule has 2 bridgehead atoms. The van der Waals surface area contributed by atoms with Crippen LogP contribution in [0.1, 0.15) is 27.2 Å². The highest BCUT2D eigenvalue weighted by molar-refractivity contribution is 5.70. The molecule has 0 aliphatic carbocycles. The van der Waals surface area contributed by atoms with E-state index in [0.717, 1.165) is 19.5 Å². The van der Waals surface area contributed by atoms with Gasteiger partial charge in [-0.15, -0.1) is 0 Å². The van der Waals surface area contributed by atoms with Gasteiger partial charge in [0, 0.05) is 13.1 Å². The molecule has 86 valence electrons. The molecule has 2 unspecified atom stereocenters. The molecule has 3 fully saturated rings. The van der Waals surface area contributed by atoms with Crippen molar-refractivity contribution in [1.82, 2.24) is 9.80 Å². The third-order valence-electron chi connectivity index (χ3n) is 2.98. The average Bonchev–Trinajstić information content (AvgIpc) is 1.98. The molecule has 3 heterocycles. The first-order valence-electron chi connectivity index (χ1n) is 5.57. The monoisotopic (exact) mass is 212 g/mol. The first kappa shape index (κ1) is 10.7. The normalized spacial score (nSPS) is 31.1. The summed E-state index contributed by atoms with van der Waals surface area (Å²) in [5.41, 5.74) is -0.382. The zero-order chi connectivity index (χ0) is 11.2. The van der Waals surface area contributed by atoms with Crippen LogP contribution in [-0.2, 0) is 4.74 Å². The van der Waals surface area contributed by atoms with Crippen LogP contribution in [0.3, 0.4) is 0 Å². The highest BCUT2D eigenvalue weighted by Crippen LogP contribution is 2.32. The molecule has 0 aromatic heterocycles. The summed E-state index contributed by atoms with van der Waals surface area (Å²) in [6.07, 6.45) is 1.00. The summed E-state index contributed by atoms with van der Waals surface area (Å²) in [6, 6.07) is 0.757. The summed E-state index contributed by atoms with van der Waals surface area (Å²) in [7, 11) is 2.10. The topological polar surface area (TPSA) is 32.8 Å². The lowest BCUT2D eigenvalue weighted by atomic mass is 9.88. The Morgan fingerprint density at radius 1 is 1.27 bits per heavy atom. The van der Waals surface area contributed by atoms with Crippen LogP contribution in [0.5, 0.6) is 0 Å². The second kappa shape index (κ2) is 3.37. The summed E-state index contributed by atoms with van der Waals surface area (Å²) >= 11 is 0. The van der Waals surface area contributed by atoms with E-state index < -0.39 is 0 Å². The average molecular weight is 212 g/mol. The van der Waals surface area contributed by atoms with Gasteiger partial charge in [0.15, 0.2) is 0 Å². The van der Waals surface area contributed by atoms with Crippen LogP contribution in [0.4, 0.5) is 4.79 Å². The van der Waals surface area contributed by atoms with E-state index in [1.165, 1.54) is 0 Å². The first-order chi connectivity index (χ1) is 6.87. The molecule has 2 atom stereocenters. The van der Waals surface area contributed by atoms with Crippen LogP contribution in [-0.4, -0.2) is 53.7 Å². The van der Waals surface area contributed by atoms with Gasteiger partial charge in [0.1, 0.15) is 5.60 Å². The molecular weight excluding hydrogens is 192 g/mol. The minimum absolute atomic E-state index is 0.142. The number of hydrogen-bond donors (Lipinski definition) is 0. The van der Waals surface area contributed by atoms with Gasteiger partial charge in [0.25, 0.3) is 0 Å². The number of piperazine rings is 1. The second-order valence-electron chi connectivity index (χ2n) is 5.65. The summed E-state index contributed by atoms with van der Waals surface area (Å²) in [6.45, 7) is 7.69. The molecule has 15 heavy (non-hydrogen) atoms. The SMILES string of the molecule is CN1CC2CC(C1)N2C(=O)OC(C)(C)C. The molecule has 0 aromatic carbocycles. The van der Waals surface area contributed by atoms with E-state index in [4.69, 9.17) is 4.74 Å². The fourth-order valence-electron chi connectivity index (χ4n) is 2.43. The van der Waals surface area contributed by atoms with Crippen LogP contribution in [0.15, 0.2) is 0 Å². The maximum Gasteiger partial charge on any atom is 0.410 e. The smallest absolute Gasteiger partial charge is 0.410 e. The van der Waals surface area contributed by atoms with Crippen molar-refractivity contribution in [1.29, 1.82) is 0 Å². The number of nitrogens with zero attached hydrogens (tertiary/aromatic N) is 2. The van der Waals surface area contributed by atoms with Crippen LogP contribution in [0, 0.1) is 0 Å². The molecule has 0 spiro atoms. The van der Waals surface area contributed by atoms with Gasteiger partial charge in [-0.3, -0.25) is 4.90 Å². The fourth-order valence-corrected chi connectivity index (χ4v) is 2.43. The second-order valence-corrected chi connectivity index (χ2v) is 5.65. The van der Waals surface area contributed by atoms with Gasteiger partial charge in [-0.2, -0.15) is 0 Å². The molecule has 1 amide bonds. The number of fused-ring (bicyclic) bond motifs is 2. The Bertz CT molecular complexity index is 260. The Morgan fingerprint density at radius 3 is 2.27 bits per heavy atom. The van der Waals surface area contributed by atoms with Gasteiger partial charge in [0.05, 0.1) is 12.1 Å². The zero-order valence-corrected chi connectivity index (χ0v) is 9.99. The van der Waals surface area contributed by atoms with Crippen molar-refractivity contribution in [3.05, 3.63) is 0 Å². The van der Waals surface area contributed by atoms with Crippen molar-refractivity contribution in [3.63, 3.8) is 0 Å². The number of ether oxygens (including phenoxy) is 1. The molecule has 3 saturated heterocycles. The fraction of sp³-hybridized carbons (Fsp3) is 0.909. The van der Waals surface area contributed by atoms with Crippen molar-refractivity contribution in [2.24, 2.45) is 0 Å². The van der Waals surface area contributed by atoms with Crippen molar-refractivity contribution in [3.8, 4) is 0 Å². The third-order valence-corrected chi connectivity index (χ3v) is 2.98. The molecule has 4 nitrogen and oxygen atoms in total. The van der Waals surface area contributed by atoms with Gasteiger partial charge < -0.3 is 9.64 Å². The number of carbonyl (C=O) groups is 1. The summed E-state index contributed by atoms with van der Waals surface area (Å²) in [5.74, 6) is 0. The van der Waals surface area contributed by atoms with E-state index in [0.29, 0.717) is 12.1 Å². The van der Waals surface area contributed by atoms with Crippen LogP contribution in [0.2, 0.25) is 0 Å². The van der Waals surface area contributed by atoms with Crippen LogP contribution < -0.4 is 0 Å². The molecule has 0 N–H and O–H groups in total. The molecular formula is C11H20N2O2. The van der Waals surface area contributed by atoms with Crippen molar-refractivity contribution in [2.75, 3.05) is 20.1 Å².